The Morgan fingerprint density at radius 2 is 2.06 bits per heavy atom. The standard InChI is InChI=1S/C13H12N2O3/c1-8-5-12(15-14-7-8)18-11-6-10(13(16)17)4-3-9(11)2/h3-7H,1-2H3,(H,16,17). The molecular formula is C13H12N2O3. The number of nitrogens with zero attached hydrogens (tertiary/aromatic N) is 2. The lowest BCUT2D eigenvalue weighted by Gasteiger charge is -2.08. The lowest BCUT2D eigenvalue weighted by molar-refractivity contribution is 0.0696. The molecule has 18 heavy (non-hydrogen) atoms. The van der Waals surface area contributed by atoms with Crippen LogP contribution in [-0.2, 0) is 0 Å². The van der Waals surface area contributed by atoms with E-state index in [2.05, 4.69) is 10.2 Å². The van der Waals surface area contributed by atoms with Crippen molar-refractivity contribution >= 4 is 5.97 Å². The molecule has 0 atom stereocenters. The van der Waals surface area contributed by atoms with Gasteiger partial charge in [-0.25, -0.2) is 4.79 Å². The van der Waals surface area contributed by atoms with Crippen molar-refractivity contribution in [1.82, 2.24) is 10.2 Å². The predicted octanol–water partition coefficient (Wildman–Crippen LogP) is 2.58. The van der Waals surface area contributed by atoms with Gasteiger partial charge in [0.25, 0.3) is 0 Å². The Kier molecular flexibility index (Phi) is 3.23. The van der Waals surface area contributed by atoms with Gasteiger partial charge < -0.3 is 9.84 Å². The van der Waals surface area contributed by atoms with Crippen molar-refractivity contribution in [3.63, 3.8) is 0 Å². The first-order valence-corrected chi connectivity index (χ1v) is 5.37. The third-order valence-electron chi connectivity index (χ3n) is 2.42. The molecule has 0 spiro atoms. The monoisotopic (exact) mass is 244 g/mol. The van der Waals surface area contributed by atoms with Gasteiger partial charge in [0.15, 0.2) is 0 Å². The van der Waals surface area contributed by atoms with Crippen LogP contribution in [0.5, 0.6) is 11.6 Å². The van der Waals surface area contributed by atoms with E-state index in [1.54, 1.807) is 18.3 Å². The van der Waals surface area contributed by atoms with Crippen molar-refractivity contribution in [2.24, 2.45) is 0 Å². The van der Waals surface area contributed by atoms with Crippen molar-refractivity contribution in [1.29, 1.82) is 0 Å². The molecule has 0 fully saturated rings. The molecular weight excluding hydrogens is 232 g/mol. The van der Waals surface area contributed by atoms with Crippen LogP contribution in [0.3, 0.4) is 0 Å². The quantitative estimate of drug-likeness (QED) is 0.898. The first-order chi connectivity index (χ1) is 8.56. The second-order valence-corrected chi connectivity index (χ2v) is 3.96. The molecule has 0 aliphatic rings. The third-order valence-corrected chi connectivity index (χ3v) is 2.42. The molecule has 0 unspecified atom stereocenters. The topological polar surface area (TPSA) is 72.3 Å². The third kappa shape index (κ3) is 2.63. The normalized spacial score (nSPS) is 10.1. The van der Waals surface area contributed by atoms with Crippen molar-refractivity contribution in [2.75, 3.05) is 0 Å². The minimum Gasteiger partial charge on any atom is -0.478 e. The van der Waals surface area contributed by atoms with E-state index < -0.39 is 5.97 Å². The van der Waals surface area contributed by atoms with E-state index in [1.165, 1.54) is 12.1 Å². The maximum absolute atomic E-state index is 10.9. The maximum Gasteiger partial charge on any atom is 0.335 e. The molecule has 0 aliphatic heterocycles. The van der Waals surface area contributed by atoms with Gasteiger partial charge in [0.05, 0.1) is 11.8 Å². The lowest BCUT2D eigenvalue weighted by atomic mass is 10.1. The van der Waals surface area contributed by atoms with Gasteiger partial charge in [0, 0.05) is 6.07 Å². The zero-order valence-electron chi connectivity index (χ0n) is 10.0. The summed E-state index contributed by atoms with van der Waals surface area (Å²) in [4.78, 5) is 10.9. The van der Waals surface area contributed by atoms with Crippen molar-refractivity contribution in [2.45, 2.75) is 13.8 Å². The highest BCUT2D eigenvalue weighted by Crippen LogP contribution is 2.24. The number of carbonyl (C=O) groups is 1. The molecule has 1 N–H and O–H groups in total. The molecule has 1 heterocycles. The first kappa shape index (κ1) is 12.0. The molecule has 2 rings (SSSR count). The molecule has 2 aromatic rings. The Labute approximate surface area is 104 Å². The summed E-state index contributed by atoms with van der Waals surface area (Å²) in [7, 11) is 0. The summed E-state index contributed by atoms with van der Waals surface area (Å²) in [6.45, 7) is 3.71. The smallest absolute Gasteiger partial charge is 0.335 e. The first-order valence-electron chi connectivity index (χ1n) is 5.37. The molecule has 0 radical (unpaired) electrons. The van der Waals surface area contributed by atoms with Crippen LogP contribution in [0.2, 0.25) is 0 Å². The molecule has 0 bridgehead atoms. The predicted molar refractivity (Wildman–Crippen MR) is 65.0 cm³/mol. The Morgan fingerprint density at radius 1 is 1.28 bits per heavy atom. The Hall–Kier alpha value is -2.43. The van der Waals surface area contributed by atoms with Crippen LogP contribution in [0.4, 0.5) is 0 Å². The van der Waals surface area contributed by atoms with Crippen molar-refractivity contribution in [3.8, 4) is 11.6 Å². The minimum atomic E-state index is -0.991. The number of aromatic carboxylic acids is 1. The molecule has 5 heteroatoms. The molecule has 92 valence electrons. The summed E-state index contributed by atoms with van der Waals surface area (Å²) in [5.74, 6) is -0.175. The molecule has 0 saturated heterocycles. The van der Waals surface area contributed by atoms with E-state index in [4.69, 9.17) is 9.84 Å². The van der Waals surface area contributed by atoms with Crippen molar-refractivity contribution in [3.05, 3.63) is 47.2 Å². The van der Waals surface area contributed by atoms with Gasteiger partial charge in [0.1, 0.15) is 5.75 Å². The summed E-state index contributed by atoms with van der Waals surface area (Å²) in [5, 5.41) is 16.5. The average molecular weight is 244 g/mol. The van der Waals surface area contributed by atoms with E-state index in [0.717, 1.165) is 11.1 Å². The molecule has 5 nitrogen and oxygen atoms in total. The lowest BCUT2D eigenvalue weighted by Crippen LogP contribution is -1.98. The van der Waals surface area contributed by atoms with E-state index in [-0.39, 0.29) is 5.56 Å². The fourth-order valence-corrected chi connectivity index (χ4v) is 1.44. The highest BCUT2D eigenvalue weighted by molar-refractivity contribution is 5.88. The van der Waals surface area contributed by atoms with Crippen LogP contribution in [0, 0.1) is 13.8 Å². The van der Waals surface area contributed by atoms with Crippen molar-refractivity contribution < 1.29 is 14.6 Å². The molecule has 1 aromatic carbocycles. The highest BCUT2D eigenvalue weighted by Gasteiger charge is 2.08. The number of aromatic nitrogens is 2. The second-order valence-electron chi connectivity index (χ2n) is 3.96. The summed E-state index contributed by atoms with van der Waals surface area (Å²) in [5.41, 5.74) is 1.94. The highest BCUT2D eigenvalue weighted by atomic mass is 16.5. The fourth-order valence-electron chi connectivity index (χ4n) is 1.44. The summed E-state index contributed by atoms with van der Waals surface area (Å²) < 4.78 is 5.54. The summed E-state index contributed by atoms with van der Waals surface area (Å²) in [6.07, 6.45) is 1.62. The van der Waals surface area contributed by atoms with Gasteiger partial charge in [-0.1, -0.05) is 6.07 Å². The van der Waals surface area contributed by atoms with Gasteiger partial charge in [-0.2, -0.15) is 5.10 Å². The SMILES string of the molecule is Cc1cnnc(Oc2cc(C(=O)O)ccc2C)c1. The van der Waals surface area contributed by atoms with Crippen LogP contribution >= 0.6 is 0 Å². The van der Waals surface area contributed by atoms with Crippen LogP contribution in [0.25, 0.3) is 0 Å². The largest absolute Gasteiger partial charge is 0.478 e. The number of benzene rings is 1. The average Bonchev–Trinajstić information content (AvgIpc) is 2.31. The fraction of sp³-hybridized carbons (Fsp3) is 0.154. The molecule has 0 saturated carbocycles. The van der Waals surface area contributed by atoms with Gasteiger partial charge in [-0.15, -0.1) is 5.10 Å². The minimum absolute atomic E-state index is 0.177. The zero-order valence-corrected chi connectivity index (χ0v) is 10.0. The van der Waals surface area contributed by atoms with Crippen LogP contribution in [0.1, 0.15) is 21.5 Å². The van der Waals surface area contributed by atoms with Gasteiger partial charge in [-0.05, 0) is 37.1 Å². The Bertz CT molecular complexity index is 597. The van der Waals surface area contributed by atoms with Crippen LogP contribution in [0.15, 0.2) is 30.5 Å². The number of carboxylic acids is 1. The number of aryl methyl sites for hydroxylation is 2. The van der Waals surface area contributed by atoms with Gasteiger partial charge in [0.2, 0.25) is 5.88 Å². The number of hydrogen-bond donors (Lipinski definition) is 1. The van der Waals surface area contributed by atoms with E-state index in [1.807, 2.05) is 13.8 Å². The maximum atomic E-state index is 10.9. The van der Waals surface area contributed by atoms with Crippen LogP contribution in [-0.4, -0.2) is 21.3 Å². The number of carboxylic acid groups (broad SMARTS) is 1. The number of ether oxygens (including phenoxy) is 1. The van der Waals surface area contributed by atoms with Gasteiger partial charge >= 0.3 is 5.97 Å². The summed E-state index contributed by atoms with van der Waals surface area (Å²) >= 11 is 0. The van der Waals surface area contributed by atoms with Crippen LogP contribution < -0.4 is 4.74 Å². The van der Waals surface area contributed by atoms with E-state index in [9.17, 15) is 4.79 Å². The Balaban J connectivity index is 2.33. The second kappa shape index (κ2) is 4.83. The zero-order chi connectivity index (χ0) is 13.1. The number of hydrogen-bond acceptors (Lipinski definition) is 4. The summed E-state index contributed by atoms with van der Waals surface area (Å²) in [6, 6.07) is 6.44. The van der Waals surface area contributed by atoms with E-state index in [0.29, 0.717) is 11.6 Å². The molecule has 0 aliphatic carbocycles. The van der Waals surface area contributed by atoms with E-state index >= 15 is 0 Å². The molecule has 0 amide bonds. The number of rotatable bonds is 3. The van der Waals surface area contributed by atoms with Gasteiger partial charge in [-0.3, -0.25) is 0 Å². The molecule has 1 aromatic heterocycles. The Morgan fingerprint density at radius 3 is 2.72 bits per heavy atom.